The van der Waals surface area contributed by atoms with Crippen molar-refractivity contribution in [3.05, 3.63) is 0 Å². The van der Waals surface area contributed by atoms with Crippen molar-refractivity contribution in [2.75, 3.05) is 0 Å². The molecule has 0 bridgehead atoms. The summed E-state index contributed by atoms with van der Waals surface area (Å²) in [6, 6.07) is 0. The van der Waals surface area contributed by atoms with Crippen LogP contribution in [0.1, 0.15) is 155 Å². The smallest absolute Gasteiger partial charge is 0.0386 e. The Kier molecular flexibility index (Phi) is 13.7. The summed E-state index contributed by atoms with van der Waals surface area (Å²) in [6.07, 6.45) is 33.3. The summed E-state index contributed by atoms with van der Waals surface area (Å²) in [5.41, 5.74) is 0. The number of rotatable bonds is 15. The largest absolute Gasteiger partial charge is 0.0654 e. The molecule has 2 saturated carbocycles. The van der Waals surface area contributed by atoms with Crippen LogP contribution in [0, 0.1) is 23.7 Å². The molecule has 0 aliphatic heterocycles. The van der Waals surface area contributed by atoms with Crippen molar-refractivity contribution in [3.8, 4) is 0 Å². The van der Waals surface area contributed by atoms with Crippen LogP contribution in [0.15, 0.2) is 0 Å². The highest BCUT2D eigenvalue weighted by Gasteiger charge is 2.30. The highest BCUT2D eigenvalue weighted by atomic mass is 14.4. The molecule has 28 heavy (non-hydrogen) atoms. The Balaban J connectivity index is 1.46. The summed E-state index contributed by atoms with van der Waals surface area (Å²) >= 11 is 0. The summed E-state index contributed by atoms with van der Waals surface area (Å²) in [6.45, 7) is 4.64. The van der Waals surface area contributed by atoms with Gasteiger partial charge in [0.1, 0.15) is 0 Å². The molecular weight excluding hydrogens is 336 g/mol. The van der Waals surface area contributed by atoms with E-state index in [0.717, 1.165) is 23.7 Å². The maximum absolute atomic E-state index is 2.32. The second-order valence-corrected chi connectivity index (χ2v) is 10.7. The van der Waals surface area contributed by atoms with Crippen molar-refractivity contribution in [1.29, 1.82) is 0 Å². The van der Waals surface area contributed by atoms with Gasteiger partial charge in [-0.2, -0.15) is 0 Å². The van der Waals surface area contributed by atoms with Crippen LogP contribution in [-0.2, 0) is 0 Å². The predicted molar refractivity (Wildman–Crippen MR) is 127 cm³/mol. The SMILES string of the molecule is CCCCCCCCCC1CCC(C2CCC(CCCCCCC)CC2)CC1. The van der Waals surface area contributed by atoms with E-state index in [9.17, 15) is 0 Å². The van der Waals surface area contributed by atoms with Gasteiger partial charge in [0.15, 0.2) is 0 Å². The van der Waals surface area contributed by atoms with E-state index in [1.54, 1.807) is 64.2 Å². The summed E-state index contributed by atoms with van der Waals surface area (Å²) < 4.78 is 0. The van der Waals surface area contributed by atoms with E-state index in [4.69, 9.17) is 0 Å². The van der Waals surface area contributed by atoms with Crippen LogP contribution >= 0.6 is 0 Å². The lowest BCUT2D eigenvalue weighted by molar-refractivity contribution is 0.139. The van der Waals surface area contributed by atoms with E-state index >= 15 is 0 Å². The number of hydrogen-bond acceptors (Lipinski definition) is 0. The molecule has 0 aromatic carbocycles. The predicted octanol–water partition coefficient (Wildman–Crippen LogP) is 10.1. The lowest BCUT2D eigenvalue weighted by Crippen LogP contribution is -2.25. The maximum Gasteiger partial charge on any atom is -0.0386 e. The fourth-order valence-corrected chi connectivity index (χ4v) is 6.32. The quantitative estimate of drug-likeness (QED) is 0.244. The molecule has 2 aliphatic carbocycles. The Hall–Kier alpha value is 0. The van der Waals surface area contributed by atoms with Gasteiger partial charge < -0.3 is 0 Å². The van der Waals surface area contributed by atoms with Crippen molar-refractivity contribution < 1.29 is 0 Å². The lowest BCUT2D eigenvalue weighted by Gasteiger charge is -2.38. The molecule has 0 radical (unpaired) electrons. The van der Waals surface area contributed by atoms with Crippen molar-refractivity contribution in [3.63, 3.8) is 0 Å². The summed E-state index contributed by atoms with van der Waals surface area (Å²) in [4.78, 5) is 0. The zero-order valence-electron chi connectivity index (χ0n) is 19.9. The lowest BCUT2D eigenvalue weighted by atomic mass is 9.68. The first-order valence-electron chi connectivity index (χ1n) is 13.8. The van der Waals surface area contributed by atoms with Crippen molar-refractivity contribution >= 4 is 0 Å². The van der Waals surface area contributed by atoms with Crippen molar-refractivity contribution in [2.45, 2.75) is 155 Å². The summed E-state index contributed by atoms with van der Waals surface area (Å²) in [5, 5.41) is 0. The monoisotopic (exact) mass is 390 g/mol. The summed E-state index contributed by atoms with van der Waals surface area (Å²) in [7, 11) is 0. The minimum Gasteiger partial charge on any atom is -0.0654 e. The molecule has 0 heteroatoms. The highest BCUT2D eigenvalue weighted by molar-refractivity contribution is 4.82. The van der Waals surface area contributed by atoms with Gasteiger partial charge >= 0.3 is 0 Å². The first kappa shape index (κ1) is 24.3. The van der Waals surface area contributed by atoms with E-state index in [1.807, 2.05) is 0 Å². The zero-order chi connectivity index (χ0) is 19.9. The van der Waals surface area contributed by atoms with Gasteiger partial charge in [-0.25, -0.2) is 0 Å². The fourth-order valence-electron chi connectivity index (χ4n) is 6.32. The Morgan fingerprint density at radius 2 is 0.714 bits per heavy atom. The van der Waals surface area contributed by atoms with E-state index in [2.05, 4.69) is 13.8 Å². The van der Waals surface area contributed by atoms with Crippen molar-refractivity contribution in [1.82, 2.24) is 0 Å². The third-order valence-electron chi connectivity index (χ3n) is 8.38. The zero-order valence-corrected chi connectivity index (χ0v) is 19.9. The second kappa shape index (κ2) is 15.8. The second-order valence-electron chi connectivity index (χ2n) is 10.7. The molecule has 0 atom stereocenters. The Labute approximate surface area is 179 Å². The molecule has 2 aliphatic rings. The third kappa shape index (κ3) is 10.2. The molecule has 166 valence electrons. The van der Waals surface area contributed by atoms with E-state index in [0.29, 0.717) is 0 Å². The molecular formula is C28H54. The van der Waals surface area contributed by atoms with Crippen LogP contribution in [0.3, 0.4) is 0 Å². The van der Waals surface area contributed by atoms with Crippen LogP contribution < -0.4 is 0 Å². The van der Waals surface area contributed by atoms with Gasteiger partial charge in [-0.1, -0.05) is 129 Å². The molecule has 2 fully saturated rings. The van der Waals surface area contributed by atoms with Gasteiger partial charge in [0.25, 0.3) is 0 Å². The first-order chi connectivity index (χ1) is 13.8. The molecule has 0 N–H and O–H groups in total. The molecule has 0 amide bonds. The van der Waals surface area contributed by atoms with Gasteiger partial charge in [0.05, 0.1) is 0 Å². The third-order valence-corrected chi connectivity index (χ3v) is 8.38. The van der Waals surface area contributed by atoms with Gasteiger partial charge in [0, 0.05) is 0 Å². The fraction of sp³-hybridized carbons (Fsp3) is 1.00. The van der Waals surface area contributed by atoms with Crippen LogP contribution in [0.25, 0.3) is 0 Å². The van der Waals surface area contributed by atoms with Gasteiger partial charge in [0.2, 0.25) is 0 Å². The van der Waals surface area contributed by atoms with E-state index in [-0.39, 0.29) is 0 Å². The van der Waals surface area contributed by atoms with Crippen molar-refractivity contribution in [2.24, 2.45) is 23.7 Å². The summed E-state index contributed by atoms with van der Waals surface area (Å²) in [5.74, 6) is 4.39. The van der Waals surface area contributed by atoms with Crippen LogP contribution in [0.2, 0.25) is 0 Å². The topological polar surface area (TPSA) is 0 Å². The Bertz CT molecular complexity index is 330. The molecule has 2 rings (SSSR count). The van der Waals surface area contributed by atoms with E-state index in [1.165, 1.54) is 77.0 Å². The molecule has 0 heterocycles. The minimum atomic E-state index is 1.09. The van der Waals surface area contributed by atoms with Gasteiger partial charge in [-0.3, -0.25) is 0 Å². The van der Waals surface area contributed by atoms with E-state index < -0.39 is 0 Å². The molecule has 0 nitrogen and oxygen atoms in total. The minimum absolute atomic E-state index is 1.09. The number of hydrogen-bond donors (Lipinski definition) is 0. The molecule has 0 aromatic rings. The van der Waals surface area contributed by atoms with Crippen LogP contribution in [-0.4, -0.2) is 0 Å². The number of unbranched alkanes of at least 4 members (excludes halogenated alkanes) is 10. The Morgan fingerprint density at radius 1 is 0.393 bits per heavy atom. The molecule has 0 aromatic heterocycles. The average Bonchev–Trinajstić information content (AvgIpc) is 2.74. The highest BCUT2D eigenvalue weighted by Crippen LogP contribution is 2.43. The molecule has 0 saturated heterocycles. The van der Waals surface area contributed by atoms with Gasteiger partial charge in [-0.05, 0) is 49.4 Å². The normalized spacial score (nSPS) is 28.5. The van der Waals surface area contributed by atoms with Crippen LogP contribution in [0.5, 0.6) is 0 Å². The van der Waals surface area contributed by atoms with Gasteiger partial charge in [-0.15, -0.1) is 0 Å². The first-order valence-corrected chi connectivity index (χ1v) is 13.8. The molecule has 0 unspecified atom stereocenters. The standard InChI is InChI=1S/C28H54/c1-3-5-7-9-10-12-14-16-26-19-23-28(24-20-26)27-21-17-25(18-22-27)15-13-11-8-6-4-2/h25-28H,3-24H2,1-2H3. The maximum atomic E-state index is 2.32. The molecule has 0 spiro atoms. The Morgan fingerprint density at radius 3 is 1.07 bits per heavy atom. The average molecular weight is 391 g/mol. The van der Waals surface area contributed by atoms with Crippen LogP contribution in [0.4, 0.5) is 0 Å².